The molecule has 0 aromatic heterocycles. The molecule has 0 bridgehead atoms. The van der Waals surface area contributed by atoms with Gasteiger partial charge in [0.15, 0.2) is 0 Å². The van der Waals surface area contributed by atoms with Crippen molar-refractivity contribution in [2.45, 2.75) is 44.1 Å². The number of benzene rings is 1. The number of nitrogens with zero attached hydrogens (tertiary/aromatic N) is 1. The van der Waals surface area contributed by atoms with Crippen LogP contribution in [0.5, 0.6) is 0 Å². The number of nitrogens with two attached hydrogens (primary N) is 1. The Kier molecular flexibility index (Phi) is 6.63. The zero-order chi connectivity index (χ0) is 18.4. The van der Waals surface area contributed by atoms with E-state index in [1.165, 1.54) is 12.0 Å². The molecular formula is C20H30N4O2. The zero-order valence-electron chi connectivity index (χ0n) is 15.3. The molecule has 2 aliphatic rings. The summed E-state index contributed by atoms with van der Waals surface area (Å²) in [6.45, 7) is 2.41. The van der Waals surface area contributed by atoms with Crippen molar-refractivity contribution < 1.29 is 9.59 Å². The van der Waals surface area contributed by atoms with Crippen LogP contribution in [0.2, 0.25) is 0 Å². The van der Waals surface area contributed by atoms with Gasteiger partial charge in [0.25, 0.3) is 0 Å². The number of carbonyl (C=O) groups is 2. The predicted molar refractivity (Wildman–Crippen MR) is 102 cm³/mol. The molecule has 1 aromatic rings. The molecule has 142 valence electrons. The molecule has 26 heavy (non-hydrogen) atoms. The van der Waals surface area contributed by atoms with Gasteiger partial charge < -0.3 is 11.1 Å². The van der Waals surface area contributed by atoms with Gasteiger partial charge in [-0.3, -0.25) is 15.0 Å². The Balaban J connectivity index is 1.47. The summed E-state index contributed by atoms with van der Waals surface area (Å²) in [6.07, 6.45) is 5.54. The minimum atomic E-state index is -0.365. The molecule has 1 aromatic carbocycles. The second-order valence-corrected chi connectivity index (χ2v) is 7.56. The molecule has 3 amide bonds. The number of rotatable bonds is 5. The molecule has 6 nitrogen and oxygen atoms in total. The summed E-state index contributed by atoms with van der Waals surface area (Å²) in [6, 6.07) is 10.2. The highest BCUT2D eigenvalue weighted by Gasteiger charge is 2.33. The maximum Gasteiger partial charge on any atom is 0.321 e. The summed E-state index contributed by atoms with van der Waals surface area (Å²) < 4.78 is 0. The fraction of sp³-hybridized carbons (Fsp3) is 0.600. The first-order valence-corrected chi connectivity index (χ1v) is 9.73. The standard InChI is InChI=1S/C20H30N4O2/c21-11-16-12-24(13-18(16)15-7-3-1-4-8-15)14-19(25)23-20(26)22-17-9-5-2-6-10-17/h1,3-4,7-8,16-18H,2,5-6,9-14,21H2,(H2,22,23,25,26)/t16-,18+/m1/s1. The van der Waals surface area contributed by atoms with Crippen LogP contribution in [-0.2, 0) is 4.79 Å². The number of carbonyl (C=O) groups excluding carboxylic acids is 2. The molecule has 6 heteroatoms. The van der Waals surface area contributed by atoms with Crippen molar-refractivity contribution in [3.8, 4) is 0 Å². The Morgan fingerprint density at radius 3 is 2.50 bits per heavy atom. The van der Waals surface area contributed by atoms with Crippen LogP contribution in [0.15, 0.2) is 30.3 Å². The van der Waals surface area contributed by atoms with Crippen molar-refractivity contribution in [3.05, 3.63) is 35.9 Å². The quantitative estimate of drug-likeness (QED) is 0.749. The van der Waals surface area contributed by atoms with Crippen LogP contribution in [0, 0.1) is 5.92 Å². The molecule has 1 heterocycles. The lowest BCUT2D eigenvalue weighted by Gasteiger charge is -2.23. The molecule has 1 aliphatic carbocycles. The maximum absolute atomic E-state index is 12.2. The van der Waals surface area contributed by atoms with E-state index >= 15 is 0 Å². The fourth-order valence-corrected chi connectivity index (χ4v) is 4.24. The van der Waals surface area contributed by atoms with Gasteiger partial charge in [-0.05, 0) is 30.9 Å². The highest BCUT2D eigenvalue weighted by molar-refractivity contribution is 5.95. The van der Waals surface area contributed by atoms with E-state index in [1.54, 1.807) is 0 Å². The van der Waals surface area contributed by atoms with Gasteiger partial charge in [-0.2, -0.15) is 0 Å². The van der Waals surface area contributed by atoms with E-state index in [0.717, 1.165) is 38.8 Å². The van der Waals surface area contributed by atoms with E-state index in [0.29, 0.717) is 18.4 Å². The molecular weight excluding hydrogens is 328 g/mol. The second-order valence-electron chi connectivity index (χ2n) is 7.56. The summed E-state index contributed by atoms with van der Waals surface area (Å²) in [5, 5.41) is 5.40. The first kappa shape index (κ1) is 18.9. The summed E-state index contributed by atoms with van der Waals surface area (Å²) in [5.41, 5.74) is 7.21. The monoisotopic (exact) mass is 358 g/mol. The van der Waals surface area contributed by atoms with Gasteiger partial charge in [0.1, 0.15) is 0 Å². The number of hydrogen-bond acceptors (Lipinski definition) is 4. The lowest BCUT2D eigenvalue weighted by molar-refractivity contribution is -0.121. The topological polar surface area (TPSA) is 87.5 Å². The average molecular weight is 358 g/mol. The molecule has 4 N–H and O–H groups in total. The smallest absolute Gasteiger partial charge is 0.321 e. The van der Waals surface area contributed by atoms with Crippen molar-refractivity contribution in [2.24, 2.45) is 11.7 Å². The third-order valence-electron chi connectivity index (χ3n) is 5.61. The summed E-state index contributed by atoms with van der Waals surface area (Å²) >= 11 is 0. The van der Waals surface area contributed by atoms with Crippen molar-refractivity contribution in [3.63, 3.8) is 0 Å². The Morgan fingerprint density at radius 1 is 1.08 bits per heavy atom. The van der Waals surface area contributed by atoms with Gasteiger partial charge >= 0.3 is 6.03 Å². The van der Waals surface area contributed by atoms with Crippen molar-refractivity contribution >= 4 is 11.9 Å². The number of amides is 3. The van der Waals surface area contributed by atoms with Crippen molar-refractivity contribution in [1.29, 1.82) is 0 Å². The number of likely N-dealkylation sites (tertiary alicyclic amines) is 1. The molecule has 0 unspecified atom stereocenters. The summed E-state index contributed by atoms with van der Waals surface area (Å²) in [5.74, 6) is 0.425. The molecule has 3 rings (SSSR count). The number of nitrogens with one attached hydrogen (secondary N) is 2. The van der Waals surface area contributed by atoms with E-state index in [-0.39, 0.29) is 24.5 Å². The number of urea groups is 1. The zero-order valence-corrected chi connectivity index (χ0v) is 15.3. The largest absolute Gasteiger partial charge is 0.335 e. The highest BCUT2D eigenvalue weighted by Crippen LogP contribution is 2.31. The Hall–Kier alpha value is -1.92. The van der Waals surface area contributed by atoms with Gasteiger partial charge in [0.2, 0.25) is 5.91 Å². The average Bonchev–Trinajstić information content (AvgIpc) is 3.05. The first-order chi connectivity index (χ1) is 12.7. The Morgan fingerprint density at radius 2 is 1.81 bits per heavy atom. The van der Waals surface area contributed by atoms with Crippen LogP contribution in [-0.4, -0.2) is 49.1 Å². The van der Waals surface area contributed by atoms with Crippen molar-refractivity contribution in [2.75, 3.05) is 26.2 Å². The van der Waals surface area contributed by atoms with E-state index in [1.807, 2.05) is 18.2 Å². The summed E-state index contributed by atoms with van der Waals surface area (Å²) in [7, 11) is 0. The van der Waals surface area contributed by atoms with E-state index in [9.17, 15) is 9.59 Å². The fourth-order valence-electron chi connectivity index (χ4n) is 4.24. The lowest BCUT2D eigenvalue weighted by Crippen LogP contribution is -2.47. The van der Waals surface area contributed by atoms with Crippen LogP contribution < -0.4 is 16.4 Å². The third kappa shape index (κ3) is 5.05. The number of imide groups is 1. The minimum Gasteiger partial charge on any atom is -0.335 e. The van der Waals surface area contributed by atoms with E-state index in [4.69, 9.17) is 5.73 Å². The highest BCUT2D eigenvalue weighted by atomic mass is 16.2. The molecule has 1 aliphatic heterocycles. The van der Waals surface area contributed by atoms with Gasteiger partial charge in [0, 0.05) is 25.0 Å². The Labute approximate surface area is 155 Å². The van der Waals surface area contributed by atoms with Crippen LogP contribution in [0.4, 0.5) is 4.79 Å². The normalized spacial score (nSPS) is 24.3. The molecule has 2 fully saturated rings. The van der Waals surface area contributed by atoms with Crippen molar-refractivity contribution in [1.82, 2.24) is 15.5 Å². The van der Waals surface area contributed by atoms with Gasteiger partial charge in [-0.25, -0.2) is 4.79 Å². The van der Waals surface area contributed by atoms with Gasteiger partial charge in [-0.1, -0.05) is 49.6 Å². The van der Waals surface area contributed by atoms with E-state index in [2.05, 4.69) is 27.7 Å². The first-order valence-electron chi connectivity index (χ1n) is 9.73. The third-order valence-corrected chi connectivity index (χ3v) is 5.61. The Bertz CT molecular complexity index is 601. The number of hydrogen-bond donors (Lipinski definition) is 3. The van der Waals surface area contributed by atoms with Gasteiger partial charge in [-0.15, -0.1) is 0 Å². The lowest BCUT2D eigenvalue weighted by atomic mass is 9.89. The minimum absolute atomic E-state index is 0.201. The SMILES string of the molecule is NC[C@@H]1CN(CC(=O)NC(=O)NC2CCCCC2)C[C@H]1c1ccccc1. The van der Waals surface area contributed by atoms with Crippen LogP contribution in [0.25, 0.3) is 0 Å². The molecule has 0 radical (unpaired) electrons. The molecule has 1 saturated heterocycles. The van der Waals surface area contributed by atoms with Gasteiger partial charge in [0.05, 0.1) is 6.54 Å². The summed E-state index contributed by atoms with van der Waals surface area (Å²) in [4.78, 5) is 26.4. The van der Waals surface area contributed by atoms with E-state index < -0.39 is 0 Å². The van der Waals surface area contributed by atoms with Crippen LogP contribution >= 0.6 is 0 Å². The second kappa shape index (κ2) is 9.14. The molecule has 0 spiro atoms. The maximum atomic E-state index is 12.2. The van der Waals surface area contributed by atoms with Crippen LogP contribution in [0.3, 0.4) is 0 Å². The molecule has 1 saturated carbocycles. The van der Waals surface area contributed by atoms with Crippen LogP contribution in [0.1, 0.15) is 43.6 Å². The molecule has 2 atom stereocenters. The predicted octanol–water partition coefficient (Wildman–Crippen LogP) is 1.82.